The Morgan fingerprint density at radius 2 is 1.60 bits per heavy atom. The first kappa shape index (κ1) is 19.7. The first-order valence-electron chi connectivity index (χ1n) is 8.61. The van der Waals surface area contributed by atoms with Crippen LogP contribution in [0.15, 0.2) is 60.8 Å². The number of rotatable bonds is 4. The third kappa shape index (κ3) is 3.13. The molecular formula is C22H11ClF3NO3. The van der Waals surface area contributed by atoms with Gasteiger partial charge < -0.3 is 9.51 Å². The number of ketones is 1. The van der Waals surface area contributed by atoms with Crippen molar-refractivity contribution in [1.82, 2.24) is 4.40 Å². The van der Waals surface area contributed by atoms with Crippen molar-refractivity contribution in [2.24, 2.45) is 0 Å². The monoisotopic (exact) mass is 429 g/mol. The first-order chi connectivity index (χ1) is 14.3. The summed E-state index contributed by atoms with van der Waals surface area (Å²) in [5.74, 6) is -4.63. The highest BCUT2D eigenvalue weighted by Gasteiger charge is 2.25. The smallest absolute Gasteiger partial charge is 0.335 e. The Hall–Kier alpha value is -3.58. The standard InChI is InChI=1S/C22H11ClF3NO3/c23-14-3-1-4-15(24)19(14)21(28)18-10-13(20-16(25)5-2-8-27(18)20)12-7-6-11(22(29)30)9-17(12)26/h1-10H,(H,29,30). The summed E-state index contributed by atoms with van der Waals surface area (Å²) in [5.41, 5.74) is -1.02. The van der Waals surface area contributed by atoms with E-state index in [1.165, 1.54) is 47.0 Å². The van der Waals surface area contributed by atoms with Gasteiger partial charge >= 0.3 is 5.97 Å². The predicted octanol–water partition coefficient (Wildman–Crippen LogP) is 5.61. The molecule has 2 heterocycles. The Morgan fingerprint density at radius 1 is 0.867 bits per heavy atom. The van der Waals surface area contributed by atoms with Gasteiger partial charge in [0, 0.05) is 17.3 Å². The molecule has 0 bridgehead atoms. The summed E-state index contributed by atoms with van der Waals surface area (Å²) in [4.78, 5) is 24.1. The Balaban J connectivity index is 1.98. The van der Waals surface area contributed by atoms with E-state index in [4.69, 9.17) is 16.7 Å². The number of aromatic nitrogens is 1. The number of carbonyl (C=O) groups is 2. The predicted molar refractivity (Wildman–Crippen MR) is 105 cm³/mol. The van der Waals surface area contributed by atoms with Crippen LogP contribution in [0.5, 0.6) is 0 Å². The van der Waals surface area contributed by atoms with E-state index in [0.717, 1.165) is 18.2 Å². The summed E-state index contributed by atoms with van der Waals surface area (Å²) in [6.45, 7) is 0. The van der Waals surface area contributed by atoms with Crippen LogP contribution in [0.2, 0.25) is 5.02 Å². The van der Waals surface area contributed by atoms with Gasteiger partial charge in [-0.05, 0) is 42.5 Å². The molecule has 0 aliphatic carbocycles. The van der Waals surface area contributed by atoms with Crippen LogP contribution in [0.4, 0.5) is 13.2 Å². The number of hydrogen-bond acceptors (Lipinski definition) is 2. The molecule has 4 rings (SSSR count). The molecule has 0 spiro atoms. The maximum absolute atomic E-state index is 14.7. The highest BCUT2D eigenvalue weighted by Crippen LogP contribution is 2.34. The van der Waals surface area contributed by atoms with Crippen molar-refractivity contribution in [3.63, 3.8) is 0 Å². The average molecular weight is 430 g/mol. The Bertz CT molecular complexity index is 1330. The maximum atomic E-state index is 14.7. The van der Waals surface area contributed by atoms with Gasteiger partial charge in [-0.1, -0.05) is 23.7 Å². The summed E-state index contributed by atoms with van der Waals surface area (Å²) in [5, 5.41) is 8.90. The minimum Gasteiger partial charge on any atom is -0.478 e. The van der Waals surface area contributed by atoms with E-state index >= 15 is 0 Å². The summed E-state index contributed by atoms with van der Waals surface area (Å²) in [6.07, 6.45) is 1.38. The number of carboxylic acids is 1. The van der Waals surface area contributed by atoms with Crippen LogP contribution in [-0.2, 0) is 0 Å². The van der Waals surface area contributed by atoms with Gasteiger partial charge in [-0.3, -0.25) is 4.79 Å². The second kappa shape index (κ2) is 7.35. The molecule has 0 atom stereocenters. The van der Waals surface area contributed by atoms with Crippen molar-refractivity contribution in [1.29, 1.82) is 0 Å². The number of fused-ring (bicyclic) bond motifs is 1. The van der Waals surface area contributed by atoms with Crippen LogP contribution in [0.3, 0.4) is 0 Å². The highest BCUT2D eigenvalue weighted by molar-refractivity contribution is 6.35. The summed E-state index contributed by atoms with van der Waals surface area (Å²) < 4.78 is 44.8. The molecule has 30 heavy (non-hydrogen) atoms. The fraction of sp³-hybridized carbons (Fsp3) is 0. The molecule has 1 N–H and O–H groups in total. The number of pyridine rings is 1. The van der Waals surface area contributed by atoms with Crippen LogP contribution in [0.1, 0.15) is 26.4 Å². The molecule has 0 aliphatic rings. The first-order valence-corrected chi connectivity index (χ1v) is 8.99. The summed E-state index contributed by atoms with van der Waals surface area (Å²) >= 11 is 5.99. The molecule has 0 saturated carbocycles. The van der Waals surface area contributed by atoms with E-state index in [2.05, 4.69) is 0 Å². The van der Waals surface area contributed by atoms with Crippen molar-refractivity contribution in [2.45, 2.75) is 0 Å². The van der Waals surface area contributed by atoms with Crippen LogP contribution >= 0.6 is 11.6 Å². The Kier molecular flexibility index (Phi) is 4.83. The molecule has 2 aromatic carbocycles. The molecule has 0 radical (unpaired) electrons. The van der Waals surface area contributed by atoms with Crippen LogP contribution < -0.4 is 0 Å². The van der Waals surface area contributed by atoms with E-state index in [9.17, 15) is 22.8 Å². The van der Waals surface area contributed by atoms with E-state index in [-0.39, 0.29) is 32.9 Å². The van der Waals surface area contributed by atoms with Crippen molar-refractivity contribution in [2.75, 3.05) is 0 Å². The minimum atomic E-state index is -1.32. The van der Waals surface area contributed by atoms with Crippen molar-refractivity contribution < 1.29 is 27.9 Å². The third-order valence-electron chi connectivity index (χ3n) is 4.67. The van der Waals surface area contributed by atoms with Gasteiger partial charge in [0.1, 0.15) is 17.5 Å². The zero-order valence-electron chi connectivity index (χ0n) is 15.0. The van der Waals surface area contributed by atoms with Crippen LogP contribution in [0, 0.1) is 17.5 Å². The van der Waals surface area contributed by atoms with E-state index in [1.807, 2.05) is 0 Å². The normalized spacial score (nSPS) is 11.1. The van der Waals surface area contributed by atoms with E-state index in [1.54, 1.807) is 0 Å². The van der Waals surface area contributed by atoms with Gasteiger partial charge in [-0.2, -0.15) is 0 Å². The molecule has 8 heteroatoms. The molecule has 0 saturated heterocycles. The SMILES string of the molecule is O=C(O)c1ccc(-c2cc(C(=O)c3c(F)cccc3Cl)n3cccc(F)c23)c(F)c1. The lowest BCUT2D eigenvalue weighted by atomic mass is 10.0. The average Bonchev–Trinajstić information content (AvgIpc) is 3.08. The Labute approximate surface area is 172 Å². The van der Waals surface area contributed by atoms with Gasteiger partial charge in [0.15, 0.2) is 0 Å². The maximum Gasteiger partial charge on any atom is 0.335 e. The highest BCUT2D eigenvalue weighted by atomic mass is 35.5. The zero-order chi connectivity index (χ0) is 21.6. The van der Waals surface area contributed by atoms with Crippen LogP contribution in [0.25, 0.3) is 16.6 Å². The van der Waals surface area contributed by atoms with Gasteiger partial charge in [-0.15, -0.1) is 0 Å². The zero-order valence-corrected chi connectivity index (χ0v) is 15.8. The Morgan fingerprint density at radius 3 is 2.27 bits per heavy atom. The topological polar surface area (TPSA) is 58.8 Å². The van der Waals surface area contributed by atoms with Gasteiger partial charge in [0.05, 0.1) is 27.4 Å². The summed E-state index contributed by atoms with van der Waals surface area (Å²) in [7, 11) is 0. The molecule has 0 aliphatic heterocycles. The number of nitrogens with zero attached hydrogens (tertiary/aromatic N) is 1. The van der Waals surface area contributed by atoms with Gasteiger partial charge in [0.2, 0.25) is 5.78 Å². The summed E-state index contributed by atoms with van der Waals surface area (Å²) in [6, 6.07) is 10.6. The number of hydrogen-bond donors (Lipinski definition) is 1. The molecule has 4 nitrogen and oxygen atoms in total. The minimum absolute atomic E-state index is 0.0124. The second-order valence-corrected chi connectivity index (χ2v) is 6.85. The lowest BCUT2D eigenvalue weighted by Gasteiger charge is -2.06. The lowest BCUT2D eigenvalue weighted by molar-refractivity contribution is 0.0696. The molecule has 0 unspecified atom stereocenters. The van der Waals surface area contributed by atoms with Crippen molar-refractivity contribution in [3.05, 3.63) is 100 Å². The third-order valence-corrected chi connectivity index (χ3v) is 4.98. The number of halogens is 4. The second-order valence-electron chi connectivity index (χ2n) is 6.44. The lowest BCUT2D eigenvalue weighted by Crippen LogP contribution is -2.08. The van der Waals surface area contributed by atoms with Crippen LogP contribution in [-0.4, -0.2) is 21.3 Å². The quantitative estimate of drug-likeness (QED) is 0.429. The molecule has 0 fully saturated rings. The molecule has 0 amide bonds. The van der Waals surface area contributed by atoms with Crippen molar-refractivity contribution >= 4 is 28.9 Å². The van der Waals surface area contributed by atoms with Gasteiger partial charge in [0.25, 0.3) is 0 Å². The van der Waals surface area contributed by atoms with Crippen molar-refractivity contribution in [3.8, 4) is 11.1 Å². The largest absolute Gasteiger partial charge is 0.478 e. The fourth-order valence-electron chi connectivity index (χ4n) is 3.31. The number of carboxylic acid groups (broad SMARTS) is 1. The van der Waals surface area contributed by atoms with Gasteiger partial charge in [-0.25, -0.2) is 18.0 Å². The number of carbonyl (C=O) groups excluding carboxylic acids is 1. The molecule has 2 aromatic heterocycles. The molecular weight excluding hydrogens is 419 g/mol. The van der Waals surface area contributed by atoms with E-state index < -0.39 is 34.8 Å². The molecule has 4 aromatic rings. The fourth-order valence-corrected chi connectivity index (χ4v) is 3.55. The van der Waals surface area contributed by atoms with E-state index in [0.29, 0.717) is 0 Å². The number of benzene rings is 2. The molecule has 150 valence electrons. The number of aromatic carboxylic acids is 1.